The molecule has 0 rings (SSSR count). The van der Waals surface area contributed by atoms with E-state index in [9.17, 15) is 0 Å². The maximum absolute atomic E-state index is 7.29. The van der Waals surface area contributed by atoms with Crippen molar-refractivity contribution in [2.24, 2.45) is 0 Å². The molecular weight excluding hydrogens is 167 g/mol. The molecule has 0 aliphatic rings. The Morgan fingerprint density at radius 3 is 1.60 bits per heavy atom. The average molecular weight is 170 g/mol. The first-order chi connectivity index (χ1) is 1.41. The van der Waals surface area contributed by atoms with Gasteiger partial charge in [-0.3, -0.25) is 0 Å². The number of hydrogen-bond acceptors (Lipinski definition) is 1. The van der Waals surface area contributed by atoms with Crippen LogP contribution in [0.1, 0.15) is 0 Å². The van der Waals surface area contributed by atoms with Crippen molar-refractivity contribution in [3.8, 4) is 4.97 Å². The van der Waals surface area contributed by atoms with Crippen molar-refractivity contribution in [2.75, 3.05) is 0 Å². The Morgan fingerprint density at radius 2 is 1.60 bits per heavy atom. The Kier molecular flexibility index (Phi) is 49.9. The van der Waals surface area contributed by atoms with Crippen LogP contribution in [0.3, 0.4) is 0 Å². The van der Waals surface area contributed by atoms with Gasteiger partial charge in [0, 0.05) is 0 Å². The quantitative estimate of drug-likeness (QED) is 0.388. The van der Waals surface area contributed by atoms with Gasteiger partial charge in [-0.2, -0.15) is 0 Å². The van der Waals surface area contributed by atoms with E-state index in [1.165, 1.54) is 0 Å². The van der Waals surface area contributed by atoms with Crippen LogP contribution in [0.4, 0.5) is 0 Å². The van der Waals surface area contributed by atoms with Crippen LogP contribution in [-0.4, -0.2) is 97.0 Å². The second-order valence-electron chi connectivity index (χ2n) is 0.100. The van der Waals surface area contributed by atoms with Crippen LogP contribution in [0.5, 0.6) is 0 Å². The first-order valence-electron chi connectivity index (χ1n) is 0.447. The molecule has 0 saturated heterocycles. The molecule has 0 N–H and O–H groups in total. The molecule has 0 unspecified atom stereocenters. The Bertz CT molecular complexity index is 33.1. The van der Waals surface area contributed by atoms with Crippen LogP contribution in [0.2, 0.25) is 0 Å². The van der Waals surface area contributed by atoms with E-state index in [1.54, 1.807) is 21.0 Å². The van der Waals surface area contributed by atoms with Gasteiger partial charge in [-0.15, -0.1) is 0 Å². The van der Waals surface area contributed by atoms with Crippen LogP contribution in [-0.2, 0) is 0 Å². The molecule has 0 atom stereocenters. The molecule has 20 valence electrons. The molecule has 0 aliphatic heterocycles. The summed E-state index contributed by atoms with van der Waals surface area (Å²) in [5.41, 5.74) is 0. The predicted molar refractivity (Wildman–Crippen MR) is 27.1 cm³/mol. The van der Waals surface area contributed by atoms with Gasteiger partial charge in [0.2, 0.25) is 0 Å². The van der Waals surface area contributed by atoms with Crippen molar-refractivity contribution in [2.45, 2.75) is 0 Å². The summed E-state index contributed by atoms with van der Waals surface area (Å²) in [5, 5.41) is 7.29. The van der Waals surface area contributed by atoms with E-state index in [2.05, 4.69) is 0 Å². The van der Waals surface area contributed by atoms with Gasteiger partial charge < -0.3 is 0 Å². The molecule has 0 fully saturated rings. The van der Waals surface area contributed by atoms with Crippen LogP contribution < -0.4 is 0 Å². The first-order valence-corrected chi connectivity index (χ1v) is 1.39. The van der Waals surface area contributed by atoms with Crippen molar-refractivity contribution in [3.63, 3.8) is 0 Å². The minimum atomic E-state index is 0. The van der Waals surface area contributed by atoms with Gasteiger partial charge in [0.15, 0.2) is 0 Å². The summed E-state index contributed by atoms with van der Waals surface area (Å²) in [6, 6.07) is 0. The van der Waals surface area contributed by atoms with E-state index in [1.807, 2.05) is 0 Å². The average Bonchev–Trinajstić information content (AvgIpc) is 0.918. The fourth-order valence-electron chi connectivity index (χ4n) is 0. The second kappa shape index (κ2) is 15.9. The molecule has 0 aromatic carbocycles. The summed E-state index contributed by atoms with van der Waals surface area (Å²) in [5.74, 6) is 0. The molecule has 1 nitrogen and oxygen atoms in total. The zero-order valence-electron chi connectivity index (χ0n) is 1.39. The third-order valence-electron chi connectivity index (χ3n) is 0. The number of nitriles is 1. The van der Waals surface area contributed by atoms with Gasteiger partial charge in [-0.05, 0) is 0 Å². The summed E-state index contributed by atoms with van der Waals surface area (Å²) in [6.45, 7) is 0. The van der Waals surface area contributed by atoms with E-state index in [4.69, 9.17) is 5.26 Å². The summed E-state index contributed by atoms with van der Waals surface area (Å²) >= 11 is 1.77. The molecule has 4 heteroatoms. The van der Waals surface area contributed by atoms with Crippen molar-refractivity contribution >= 4 is 97.0 Å². The van der Waals surface area contributed by atoms with Gasteiger partial charge in [0.25, 0.3) is 0 Å². The van der Waals surface area contributed by atoms with Crippen molar-refractivity contribution in [1.29, 1.82) is 5.26 Å². The summed E-state index contributed by atoms with van der Waals surface area (Å²) < 4.78 is 0. The third kappa shape index (κ3) is 20.5. The standard InChI is InChI=1S/CHNSe.K.Na.2H/c2-1-3;;;;/h3H;;;;. The zero-order valence-corrected chi connectivity index (χ0v) is 3.27. The Hall–Kier alpha value is 2.65. The van der Waals surface area contributed by atoms with Crippen LogP contribution in [0.15, 0.2) is 0 Å². The van der Waals surface area contributed by atoms with Gasteiger partial charge in [-0.1, -0.05) is 0 Å². The summed E-state index contributed by atoms with van der Waals surface area (Å²) in [6.07, 6.45) is 0. The molecule has 0 bridgehead atoms. The molecule has 0 saturated carbocycles. The molecule has 0 aromatic heterocycles. The zero-order chi connectivity index (χ0) is 2.71. The Morgan fingerprint density at radius 1 is 1.60 bits per heavy atom. The van der Waals surface area contributed by atoms with E-state index >= 15 is 0 Å². The van der Waals surface area contributed by atoms with E-state index in [0.717, 1.165) is 0 Å². The monoisotopic (exact) mass is 171 g/mol. The predicted octanol–water partition coefficient (Wildman–Crippen LogP) is -1.93. The molecular formula is CH3KNNaSe. The Labute approximate surface area is 104 Å². The molecule has 0 aromatic rings. The molecule has 0 spiro atoms. The van der Waals surface area contributed by atoms with Gasteiger partial charge >= 0.3 is 107 Å². The van der Waals surface area contributed by atoms with Crippen LogP contribution in [0.25, 0.3) is 0 Å². The molecule has 0 amide bonds. The Balaban J connectivity index is -0.0000000200. The van der Waals surface area contributed by atoms with Crippen molar-refractivity contribution in [3.05, 3.63) is 0 Å². The van der Waals surface area contributed by atoms with E-state index in [-0.39, 0.29) is 80.9 Å². The summed E-state index contributed by atoms with van der Waals surface area (Å²) in [7, 11) is 0. The van der Waals surface area contributed by atoms with E-state index in [0.29, 0.717) is 0 Å². The van der Waals surface area contributed by atoms with Crippen molar-refractivity contribution < 1.29 is 0 Å². The topological polar surface area (TPSA) is 23.8 Å². The van der Waals surface area contributed by atoms with Gasteiger partial charge in [-0.25, -0.2) is 0 Å². The molecule has 0 radical (unpaired) electrons. The third-order valence-corrected chi connectivity index (χ3v) is 0. The molecule has 0 heterocycles. The SMILES string of the molecule is N#C[SeH].[KH].[NaH]. The number of rotatable bonds is 0. The maximum atomic E-state index is 7.29. The minimum absolute atomic E-state index is 0. The van der Waals surface area contributed by atoms with Gasteiger partial charge in [0.05, 0.1) is 0 Å². The molecule has 0 aliphatic carbocycles. The normalized spacial score (nSPS) is 1.60. The summed E-state index contributed by atoms with van der Waals surface area (Å²) in [4.78, 5) is 1.69. The van der Waals surface area contributed by atoms with Crippen LogP contribution in [0, 0.1) is 10.2 Å². The van der Waals surface area contributed by atoms with E-state index < -0.39 is 0 Å². The fourth-order valence-corrected chi connectivity index (χ4v) is 0. The molecule has 5 heavy (non-hydrogen) atoms. The first kappa shape index (κ1) is 15.6. The number of hydrogen-bond donors (Lipinski definition) is 0. The van der Waals surface area contributed by atoms with Crippen LogP contribution >= 0.6 is 0 Å². The van der Waals surface area contributed by atoms with Crippen molar-refractivity contribution in [1.82, 2.24) is 0 Å². The number of nitrogens with zero attached hydrogens (tertiary/aromatic N) is 1. The fraction of sp³-hybridized carbons (Fsp3) is 0. The van der Waals surface area contributed by atoms with Gasteiger partial charge in [0.1, 0.15) is 0 Å². The second-order valence-corrected chi connectivity index (χ2v) is 0.520.